The van der Waals surface area contributed by atoms with Gasteiger partial charge in [-0.15, -0.1) is 0 Å². The van der Waals surface area contributed by atoms with Gasteiger partial charge in [-0.3, -0.25) is 0 Å². The molecule has 1 atom stereocenters. The van der Waals surface area contributed by atoms with Gasteiger partial charge >= 0.3 is 0 Å². The summed E-state index contributed by atoms with van der Waals surface area (Å²) in [5.74, 6) is 0.944. The highest BCUT2D eigenvalue weighted by Gasteiger charge is 2.42. The van der Waals surface area contributed by atoms with Crippen LogP contribution in [-0.4, -0.2) is 18.8 Å². The molecule has 2 heteroatoms. The van der Waals surface area contributed by atoms with Gasteiger partial charge < -0.3 is 9.47 Å². The van der Waals surface area contributed by atoms with E-state index in [2.05, 4.69) is 6.92 Å². The van der Waals surface area contributed by atoms with Crippen LogP contribution in [0, 0.1) is 0 Å². The fourth-order valence-corrected chi connectivity index (χ4v) is 1.50. The molecule has 1 aromatic carbocycles. The summed E-state index contributed by atoms with van der Waals surface area (Å²) in [6, 6.07) is 9.92. The zero-order valence-corrected chi connectivity index (χ0v) is 8.53. The van der Waals surface area contributed by atoms with E-state index in [0.29, 0.717) is 0 Å². The molecule has 1 aromatic rings. The largest absolute Gasteiger partial charge is 0.493 e. The minimum absolute atomic E-state index is 0.148. The second kappa shape index (κ2) is 4.01. The van der Waals surface area contributed by atoms with Crippen molar-refractivity contribution in [2.24, 2.45) is 0 Å². The van der Waals surface area contributed by atoms with Gasteiger partial charge in [0.1, 0.15) is 5.75 Å². The summed E-state index contributed by atoms with van der Waals surface area (Å²) in [4.78, 5) is 0. The average molecular weight is 192 g/mol. The van der Waals surface area contributed by atoms with Crippen LogP contribution in [0.5, 0.6) is 5.75 Å². The third-order valence-electron chi connectivity index (χ3n) is 2.77. The van der Waals surface area contributed by atoms with Crippen molar-refractivity contribution in [1.29, 1.82) is 0 Å². The van der Waals surface area contributed by atoms with Crippen molar-refractivity contribution in [2.75, 3.05) is 13.2 Å². The van der Waals surface area contributed by atoms with Crippen molar-refractivity contribution in [3.63, 3.8) is 0 Å². The van der Waals surface area contributed by atoms with Gasteiger partial charge in [-0.05, 0) is 18.6 Å². The smallest absolute Gasteiger partial charge is 0.119 e. The topological polar surface area (TPSA) is 21.8 Å². The Balaban J connectivity index is 1.73. The molecule has 1 saturated heterocycles. The first-order valence-electron chi connectivity index (χ1n) is 5.16. The molecule has 2 rings (SSSR count). The standard InChI is InChI=1S/C12H16O2/c1-2-12(10-14-12)8-9-13-11-6-4-3-5-7-11/h3-7H,2,8-10H2,1H3. The SMILES string of the molecule is CCC1(CCOc2ccccc2)CO1. The average Bonchev–Trinajstić information content (AvgIpc) is 3.00. The van der Waals surface area contributed by atoms with Crippen molar-refractivity contribution in [2.45, 2.75) is 25.4 Å². The number of rotatable bonds is 5. The summed E-state index contributed by atoms with van der Waals surface area (Å²) in [5, 5.41) is 0. The molecular formula is C12H16O2. The van der Waals surface area contributed by atoms with Gasteiger partial charge in [-0.2, -0.15) is 0 Å². The zero-order valence-electron chi connectivity index (χ0n) is 8.53. The molecule has 0 amide bonds. The number of benzene rings is 1. The Morgan fingerprint density at radius 1 is 1.36 bits per heavy atom. The lowest BCUT2D eigenvalue weighted by Gasteiger charge is -2.09. The Bertz CT molecular complexity index is 278. The Morgan fingerprint density at radius 3 is 2.64 bits per heavy atom. The van der Waals surface area contributed by atoms with Crippen LogP contribution in [0.1, 0.15) is 19.8 Å². The van der Waals surface area contributed by atoms with Crippen LogP contribution >= 0.6 is 0 Å². The highest BCUT2D eigenvalue weighted by atomic mass is 16.6. The van der Waals surface area contributed by atoms with Crippen molar-refractivity contribution in [1.82, 2.24) is 0 Å². The molecular weight excluding hydrogens is 176 g/mol. The van der Waals surface area contributed by atoms with E-state index in [4.69, 9.17) is 9.47 Å². The molecule has 76 valence electrons. The third-order valence-corrected chi connectivity index (χ3v) is 2.77. The molecule has 1 unspecified atom stereocenters. The van der Waals surface area contributed by atoms with E-state index in [9.17, 15) is 0 Å². The summed E-state index contributed by atoms with van der Waals surface area (Å²) in [7, 11) is 0. The molecule has 0 aliphatic carbocycles. The number of ether oxygens (including phenoxy) is 2. The van der Waals surface area contributed by atoms with Crippen molar-refractivity contribution < 1.29 is 9.47 Å². The predicted molar refractivity (Wildman–Crippen MR) is 55.5 cm³/mol. The highest BCUT2D eigenvalue weighted by molar-refractivity contribution is 5.20. The summed E-state index contributed by atoms with van der Waals surface area (Å²) in [6.07, 6.45) is 2.09. The second-order valence-electron chi connectivity index (χ2n) is 3.74. The normalized spacial score (nSPS) is 24.6. The van der Waals surface area contributed by atoms with Gasteiger partial charge in [0, 0.05) is 6.42 Å². The lowest BCUT2D eigenvalue weighted by molar-refractivity contribution is 0.222. The fraction of sp³-hybridized carbons (Fsp3) is 0.500. The van der Waals surface area contributed by atoms with E-state index in [1.807, 2.05) is 30.3 Å². The fourth-order valence-electron chi connectivity index (χ4n) is 1.50. The van der Waals surface area contributed by atoms with E-state index in [-0.39, 0.29) is 5.60 Å². The maximum absolute atomic E-state index is 5.60. The number of para-hydroxylation sites is 1. The summed E-state index contributed by atoms with van der Waals surface area (Å²) in [6.45, 7) is 3.81. The molecule has 1 fully saturated rings. The van der Waals surface area contributed by atoms with E-state index >= 15 is 0 Å². The Labute approximate surface area is 84.8 Å². The van der Waals surface area contributed by atoms with Crippen molar-refractivity contribution in [3.05, 3.63) is 30.3 Å². The summed E-state index contributed by atoms with van der Waals surface area (Å²) < 4.78 is 11.0. The van der Waals surface area contributed by atoms with E-state index in [1.54, 1.807) is 0 Å². The number of hydrogen-bond donors (Lipinski definition) is 0. The zero-order chi connectivity index (χ0) is 9.86. The maximum atomic E-state index is 5.60. The van der Waals surface area contributed by atoms with Crippen LogP contribution in [0.4, 0.5) is 0 Å². The Morgan fingerprint density at radius 2 is 2.07 bits per heavy atom. The third kappa shape index (κ3) is 2.26. The molecule has 0 aromatic heterocycles. The quantitative estimate of drug-likeness (QED) is 0.669. The van der Waals surface area contributed by atoms with Crippen LogP contribution in [0.3, 0.4) is 0 Å². The van der Waals surface area contributed by atoms with E-state index in [1.165, 1.54) is 0 Å². The number of hydrogen-bond acceptors (Lipinski definition) is 2. The van der Waals surface area contributed by atoms with Crippen LogP contribution in [0.2, 0.25) is 0 Å². The van der Waals surface area contributed by atoms with Crippen LogP contribution in [0.15, 0.2) is 30.3 Å². The minimum atomic E-state index is 0.148. The molecule has 0 bridgehead atoms. The van der Waals surface area contributed by atoms with E-state index < -0.39 is 0 Å². The summed E-state index contributed by atoms with van der Waals surface area (Å²) in [5.41, 5.74) is 0.148. The molecule has 0 N–H and O–H groups in total. The van der Waals surface area contributed by atoms with Gasteiger partial charge in [-0.1, -0.05) is 25.1 Å². The van der Waals surface area contributed by atoms with E-state index in [0.717, 1.165) is 31.8 Å². The molecule has 0 spiro atoms. The van der Waals surface area contributed by atoms with Gasteiger partial charge in [0.05, 0.1) is 18.8 Å². The molecule has 1 aliphatic heterocycles. The molecule has 1 heterocycles. The Kier molecular flexibility index (Phi) is 2.73. The van der Waals surface area contributed by atoms with Crippen LogP contribution in [-0.2, 0) is 4.74 Å². The first-order valence-corrected chi connectivity index (χ1v) is 5.16. The van der Waals surface area contributed by atoms with Crippen LogP contribution < -0.4 is 4.74 Å². The van der Waals surface area contributed by atoms with Gasteiger partial charge in [0.2, 0.25) is 0 Å². The minimum Gasteiger partial charge on any atom is -0.493 e. The van der Waals surface area contributed by atoms with Crippen molar-refractivity contribution >= 4 is 0 Å². The highest BCUT2D eigenvalue weighted by Crippen LogP contribution is 2.34. The van der Waals surface area contributed by atoms with Gasteiger partial charge in [0.15, 0.2) is 0 Å². The Hall–Kier alpha value is -1.02. The van der Waals surface area contributed by atoms with Crippen molar-refractivity contribution in [3.8, 4) is 5.75 Å². The van der Waals surface area contributed by atoms with Gasteiger partial charge in [-0.25, -0.2) is 0 Å². The first kappa shape index (κ1) is 9.53. The lowest BCUT2D eigenvalue weighted by Crippen LogP contribution is -2.14. The van der Waals surface area contributed by atoms with Gasteiger partial charge in [0.25, 0.3) is 0 Å². The molecule has 0 saturated carbocycles. The summed E-state index contributed by atoms with van der Waals surface area (Å²) >= 11 is 0. The monoisotopic (exact) mass is 192 g/mol. The number of epoxide rings is 1. The molecule has 2 nitrogen and oxygen atoms in total. The first-order chi connectivity index (χ1) is 6.85. The lowest BCUT2D eigenvalue weighted by atomic mass is 10.1. The predicted octanol–water partition coefficient (Wildman–Crippen LogP) is 2.63. The molecule has 14 heavy (non-hydrogen) atoms. The molecule has 1 aliphatic rings. The maximum Gasteiger partial charge on any atom is 0.119 e. The van der Waals surface area contributed by atoms with Crippen LogP contribution in [0.25, 0.3) is 0 Å². The molecule has 0 radical (unpaired) electrons. The second-order valence-corrected chi connectivity index (χ2v) is 3.74.